The van der Waals surface area contributed by atoms with Crippen molar-refractivity contribution < 1.29 is 33.7 Å². The van der Waals surface area contributed by atoms with Crippen LogP contribution in [0, 0.1) is 11.8 Å². The molecule has 3 aliphatic heterocycles. The first-order chi connectivity index (χ1) is 28.9. The molecule has 1 saturated heterocycles. The van der Waals surface area contributed by atoms with Crippen LogP contribution >= 0.6 is 21.6 Å². The lowest BCUT2D eigenvalue weighted by Gasteiger charge is -2.52. The van der Waals surface area contributed by atoms with E-state index >= 15 is 0 Å². The molecule has 2 aliphatic carbocycles. The lowest BCUT2D eigenvalue weighted by atomic mass is 9.61. The molecule has 0 unspecified atom stereocenters. The molecule has 12 nitrogen and oxygen atoms in total. The molecule has 1 saturated carbocycles. The van der Waals surface area contributed by atoms with Gasteiger partial charge < -0.3 is 40.1 Å². The number of nitrogen functional groups attached to an aromatic ring is 1. The average molecular weight is 859 g/mol. The summed E-state index contributed by atoms with van der Waals surface area (Å²) < 4.78 is 20.1. The van der Waals surface area contributed by atoms with Gasteiger partial charge in [0.05, 0.1) is 12.3 Å². The fraction of sp³-hybridized carbons (Fsp3) is 0.565. The van der Waals surface area contributed by atoms with Gasteiger partial charge in [0, 0.05) is 96.8 Å². The van der Waals surface area contributed by atoms with Gasteiger partial charge in [-0.2, -0.15) is 0 Å². The van der Waals surface area contributed by atoms with E-state index in [1.807, 2.05) is 44.0 Å². The minimum atomic E-state index is -1.21. The zero-order valence-electron chi connectivity index (χ0n) is 35.1. The largest absolute Gasteiger partial charge is 0.481 e. The van der Waals surface area contributed by atoms with Crippen LogP contribution in [0.1, 0.15) is 93.9 Å². The standard InChI is InChI=1S/C46H58N4O8S2/c1-5-27(2)42(54)58-44(3)13-9-28-25-59-60-26-36-32(21-48-4)23-50(36)40(53)17-31-22-49-39(47)18-34(31)41(28)46(44)20-30-15-29-16-35(43(55)56-37(29)19-38(30)57-46)45(11-7-6-8-12-45)33(24-52)10-14-51/h5,9,15-16,18-19,22,32-33,36,41,48,51-52H,6-8,10-14,17,20-21,23-26H2,1-4H3,(H2,47,49)/b27-5+/t32-,33+,36+,41+,44-,46-/m1/s1. The Morgan fingerprint density at radius 3 is 2.68 bits per heavy atom. The number of carbonyl (C=O) groups excluding carboxylic acids is 2. The normalized spacial score (nSPS) is 28.2. The molecule has 5 N–H and O–H groups in total. The maximum atomic E-state index is 14.2. The van der Waals surface area contributed by atoms with Crippen LogP contribution in [-0.2, 0) is 32.6 Å². The molecule has 8 rings (SSSR count). The number of nitrogens with zero attached hydrogens (tertiary/aromatic N) is 2. The van der Waals surface area contributed by atoms with E-state index in [1.54, 1.807) is 46.9 Å². The Labute approximate surface area is 359 Å². The Bertz CT molecular complexity index is 2270. The third-order valence-electron chi connectivity index (χ3n) is 14.4. The highest BCUT2D eigenvalue weighted by Gasteiger charge is 2.64. The number of ether oxygens (including phenoxy) is 2. The van der Waals surface area contributed by atoms with Gasteiger partial charge in [-0.1, -0.05) is 58.6 Å². The summed E-state index contributed by atoms with van der Waals surface area (Å²) in [5.74, 6) is 1.47. The molecule has 6 atom stereocenters. The summed E-state index contributed by atoms with van der Waals surface area (Å²) >= 11 is 0. The molecule has 0 radical (unpaired) electrons. The zero-order valence-corrected chi connectivity index (χ0v) is 36.7. The summed E-state index contributed by atoms with van der Waals surface area (Å²) in [6.45, 7) is 6.80. The number of aliphatic hydroxyl groups excluding tert-OH is 2. The summed E-state index contributed by atoms with van der Waals surface area (Å²) in [5.41, 5.74) is 7.92. The monoisotopic (exact) mass is 858 g/mol. The first kappa shape index (κ1) is 42.9. The molecule has 1 spiro atoms. The van der Waals surface area contributed by atoms with E-state index in [0.29, 0.717) is 65.8 Å². The minimum Gasteiger partial charge on any atom is -0.481 e. The number of aliphatic hydroxyl groups is 2. The van der Waals surface area contributed by atoms with Crippen LogP contribution in [0.4, 0.5) is 5.82 Å². The molecule has 1 aromatic carbocycles. The van der Waals surface area contributed by atoms with Crippen LogP contribution < -0.4 is 21.4 Å². The molecule has 5 aliphatic rings. The summed E-state index contributed by atoms with van der Waals surface area (Å²) in [5, 5.41) is 24.6. The number of carbonyl (C=O) groups is 2. The van der Waals surface area contributed by atoms with Crippen LogP contribution in [-0.4, -0.2) is 94.1 Å². The number of pyridine rings is 1. The first-order valence-electron chi connectivity index (χ1n) is 21.4. The molecule has 322 valence electrons. The fourth-order valence-corrected chi connectivity index (χ4v) is 13.5. The van der Waals surface area contributed by atoms with Gasteiger partial charge in [0.15, 0.2) is 11.2 Å². The van der Waals surface area contributed by atoms with Gasteiger partial charge in [0.2, 0.25) is 5.91 Å². The Hall–Kier alpha value is -3.82. The number of hydrogen-bond acceptors (Lipinski definition) is 13. The molecule has 2 fully saturated rings. The summed E-state index contributed by atoms with van der Waals surface area (Å²) in [6.07, 6.45) is 11.2. The van der Waals surface area contributed by atoms with Gasteiger partial charge in [-0.3, -0.25) is 4.79 Å². The van der Waals surface area contributed by atoms with Crippen LogP contribution in [0.15, 0.2) is 63.0 Å². The van der Waals surface area contributed by atoms with Crippen molar-refractivity contribution in [3.63, 3.8) is 0 Å². The molecular formula is C46H58N4O8S2. The number of benzene rings is 1. The second-order valence-corrected chi connectivity index (χ2v) is 20.2. The number of aromatic nitrogens is 1. The molecule has 3 aromatic rings. The molecule has 5 heterocycles. The van der Waals surface area contributed by atoms with E-state index in [-0.39, 0.29) is 37.5 Å². The molecular weight excluding hydrogens is 801 g/mol. The number of nitrogens with one attached hydrogen (secondary N) is 1. The zero-order chi connectivity index (χ0) is 42.4. The first-order valence-corrected chi connectivity index (χ1v) is 23.9. The van der Waals surface area contributed by atoms with Gasteiger partial charge >= 0.3 is 11.6 Å². The molecule has 14 heteroatoms. The quantitative estimate of drug-likeness (QED) is 0.0649. The maximum absolute atomic E-state index is 14.2. The number of fused-ring (bicyclic) bond motifs is 7. The highest BCUT2D eigenvalue weighted by molar-refractivity contribution is 8.76. The lowest BCUT2D eigenvalue weighted by Crippen LogP contribution is -2.64. The van der Waals surface area contributed by atoms with Crippen molar-refractivity contribution in [3.05, 3.63) is 86.4 Å². The van der Waals surface area contributed by atoms with Crippen molar-refractivity contribution in [2.45, 2.75) is 107 Å². The Morgan fingerprint density at radius 2 is 1.95 bits per heavy atom. The summed E-state index contributed by atoms with van der Waals surface area (Å²) in [6, 6.07) is 7.73. The highest BCUT2D eigenvalue weighted by Crippen LogP contribution is 2.58. The van der Waals surface area contributed by atoms with Gasteiger partial charge in [-0.05, 0) is 87.9 Å². The van der Waals surface area contributed by atoms with Crippen LogP contribution in [0.5, 0.6) is 5.75 Å². The van der Waals surface area contributed by atoms with Gasteiger partial charge in [-0.25, -0.2) is 14.6 Å². The van der Waals surface area contributed by atoms with Gasteiger partial charge in [0.25, 0.3) is 0 Å². The van der Waals surface area contributed by atoms with Crippen molar-refractivity contribution in [1.29, 1.82) is 0 Å². The number of anilines is 1. The van der Waals surface area contributed by atoms with E-state index in [0.717, 1.165) is 72.1 Å². The van der Waals surface area contributed by atoms with E-state index in [2.05, 4.69) is 16.4 Å². The Balaban J connectivity index is 1.27. The third-order valence-corrected chi connectivity index (χ3v) is 16.7. The van der Waals surface area contributed by atoms with E-state index in [9.17, 15) is 24.6 Å². The van der Waals surface area contributed by atoms with E-state index < -0.39 is 34.1 Å². The van der Waals surface area contributed by atoms with Crippen molar-refractivity contribution in [1.82, 2.24) is 15.2 Å². The SMILES string of the molecule is C/C=C(\C)C(=O)O[C@]1(C)CC=C2CSSC[C@H]3[C@H](CNC)CN3C(=O)Cc3cnc(N)cc3[C@H]2[C@]12Cc1cc3cc(C4([C@H](CO)CCO)CCCCC4)c(=O)oc3cc1O2. The van der Waals surface area contributed by atoms with E-state index in [4.69, 9.17) is 19.6 Å². The Kier molecular flexibility index (Phi) is 12.3. The number of nitrogens with two attached hydrogens (primary N) is 1. The summed E-state index contributed by atoms with van der Waals surface area (Å²) in [7, 11) is 5.48. The van der Waals surface area contributed by atoms with Crippen LogP contribution in [0.3, 0.4) is 0 Å². The molecule has 2 aromatic heterocycles. The number of rotatable bonds is 9. The predicted molar refractivity (Wildman–Crippen MR) is 236 cm³/mol. The topological polar surface area (TPSA) is 177 Å². The van der Waals surface area contributed by atoms with Crippen LogP contribution in [0.2, 0.25) is 0 Å². The number of amides is 1. The number of hydrogen-bond donors (Lipinski definition) is 4. The maximum Gasteiger partial charge on any atom is 0.340 e. The molecule has 1 amide bonds. The Morgan fingerprint density at radius 1 is 1.15 bits per heavy atom. The fourth-order valence-electron chi connectivity index (χ4n) is 10.9. The molecule has 0 bridgehead atoms. The van der Waals surface area contributed by atoms with Gasteiger partial charge in [0.1, 0.15) is 17.2 Å². The second-order valence-electron chi connectivity index (χ2n) is 17.7. The van der Waals surface area contributed by atoms with Crippen molar-refractivity contribution in [2.75, 3.05) is 50.6 Å². The van der Waals surface area contributed by atoms with Crippen molar-refractivity contribution in [3.8, 4) is 5.75 Å². The predicted octanol–water partition coefficient (Wildman–Crippen LogP) is 6.00. The average Bonchev–Trinajstić information content (AvgIpc) is 3.60. The molecule has 60 heavy (non-hydrogen) atoms. The van der Waals surface area contributed by atoms with Crippen molar-refractivity contribution in [2.24, 2.45) is 11.8 Å². The lowest BCUT2D eigenvalue weighted by molar-refractivity contribution is -0.183. The minimum absolute atomic E-state index is 0.0329. The third kappa shape index (κ3) is 7.37. The van der Waals surface area contributed by atoms with Gasteiger partial charge in [-0.15, -0.1) is 0 Å². The van der Waals surface area contributed by atoms with E-state index in [1.165, 1.54) is 0 Å². The smallest absolute Gasteiger partial charge is 0.340 e. The van der Waals surface area contributed by atoms with Crippen molar-refractivity contribution >= 4 is 50.3 Å². The highest BCUT2D eigenvalue weighted by atomic mass is 33.1. The number of esters is 1. The second kappa shape index (κ2) is 17.2. The number of allylic oxidation sites excluding steroid dienone is 1. The van der Waals surface area contributed by atoms with Crippen LogP contribution in [0.25, 0.3) is 11.0 Å². The summed E-state index contributed by atoms with van der Waals surface area (Å²) in [4.78, 5) is 48.6.